The number of hydrogen-bond acceptors (Lipinski definition) is 4. The van der Waals surface area contributed by atoms with Gasteiger partial charge in [-0.3, -0.25) is 0 Å². The SMILES string of the molecule is CCCCC[C@@H](B1OC(C)(C)C(C)(C)O1)[C@@H](C)B1OC(C)(C)C(C)(C)O1. The molecule has 6 heteroatoms. The Hall–Kier alpha value is -0.0301. The minimum atomic E-state index is -0.310. The zero-order valence-corrected chi connectivity index (χ0v) is 18.8. The maximum atomic E-state index is 6.41. The van der Waals surface area contributed by atoms with Crippen LogP contribution in [0.2, 0.25) is 11.6 Å². The van der Waals surface area contributed by atoms with Crippen molar-refractivity contribution in [1.29, 1.82) is 0 Å². The first-order valence-corrected chi connectivity index (χ1v) is 10.5. The van der Waals surface area contributed by atoms with Gasteiger partial charge in [-0.25, -0.2) is 0 Å². The minimum Gasteiger partial charge on any atom is -0.403 e. The summed E-state index contributed by atoms with van der Waals surface area (Å²) < 4.78 is 25.5. The lowest BCUT2D eigenvalue weighted by Gasteiger charge is -2.32. The van der Waals surface area contributed by atoms with Gasteiger partial charge in [-0.05, 0) is 67.0 Å². The third-order valence-corrected chi connectivity index (χ3v) is 7.14. The summed E-state index contributed by atoms with van der Waals surface area (Å²) in [5, 5.41) is 0. The lowest BCUT2D eigenvalue weighted by molar-refractivity contribution is 0.00578. The second-order valence-electron chi connectivity index (χ2n) is 10.3. The Morgan fingerprint density at radius 1 is 0.654 bits per heavy atom. The molecule has 0 bridgehead atoms. The molecule has 2 fully saturated rings. The van der Waals surface area contributed by atoms with E-state index in [1.54, 1.807) is 0 Å². The van der Waals surface area contributed by atoms with Crippen molar-refractivity contribution in [2.45, 2.75) is 129 Å². The van der Waals surface area contributed by atoms with E-state index in [1.165, 1.54) is 19.3 Å². The molecule has 0 radical (unpaired) electrons. The summed E-state index contributed by atoms with van der Waals surface area (Å²) >= 11 is 0. The first-order chi connectivity index (χ1) is 11.7. The van der Waals surface area contributed by atoms with Crippen molar-refractivity contribution in [3.63, 3.8) is 0 Å². The molecule has 26 heavy (non-hydrogen) atoms. The molecule has 2 heterocycles. The van der Waals surface area contributed by atoms with Gasteiger partial charge in [-0.2, -0.15) is 0 Å². The van der Waals surface area contributed by atoms with Crippen LogP contribution in [-0.2, 0) is 18.6 Å². The highest BCUT2D eigenvalue weighted by molar-refractivity contribution is 6.54. The molecule has 0 aromatic heterocycles. The summed E-state index contributed by atoms with van der Waals surface area (Å²) in [6.07, 6.45) is 4.68. The van der Waals surface area contributed by atoms with Crippen LogP contribution >= 0.6 is 0 Å². The Morgan fingerprint density at radius 3 is 1.42 bits per heavy atom. The zero-order chi connectivity index (χ0) is 20.0. The standard InChI is InChI=1S/C20H40B2O4/c1-11-12-13-14-16(22-25-19(7,8)20(9,10)26-22)15(2)21-23-17(3,4)18(5,6)24-21/h15-16H,11-14H2,1-10H3/t15-,16-/m1/s1. The van der Waals surface area contributed by atoms with E-state index in [0.717, 1.165) is 6.42 Å². The van der Waals surface area contributed by atoms with Crippen LogP contribution in [0.4, 0.5) is 0 Å². The molecule has 0 amide bonds. The molecule has 0 aliphatic carbocycles. The smallest absolute Gasteiger partial charge is 0.403 e. The van der Waals surface area contributed by atoms with Crippen molar-refractivity contribution < 1.29 is 18.6 Å². The summed E-state index contributed by atoms with van der Waals surface area (Å²) in [6.45, 7) is 21.4. The van der Waals surface area contributed by atoms with Crippen molar-refractivity contribution in [1.82, 2.24) is 0 Å². The third-order valence-electron chi connectivity index (χ3n) is 7.14. The minimum absolute atomic E-state index is 0.197. The van der Waals surface area contributed by atoms with Gasteiger partial charge in [0, 0.05) is 0 Å². The highest BCUT2D eigenvalue weighted by atomic mass is 16.7. The Bertz CT molecular complexity index is 458. The van der Waals surface area contributed by atoms with Crippen LogP contribution in [0.15, 0.2) is 0 Å². The molecule has 2 saturated heterocycles. The fraction of sp³-hybridized carbons (Fsp3) is 1.00. The topological polar surface area (TPSA) is 36.9 Å². The summed E-state index contributed by atoms with van der Waals surface area (Å²) in [6, 6.07) is 0. The van der Waals surface area contributed by atoms with Crippen LogP contribution in [-0.4, -0.2) is 36.6 Å². The predicted molar refractivity (Wildman–Crippen MR) is 109 cm³/mol. The molecule has 2 rings (SSSR count). The van der Waals surface area contributed by atoms with E-state index >= 15 is 0 Å². The summed E-state index contributed by atoms with van der Waals surface area (Å²) in [5.74, 6) is 0.444. The summed E-state index contributed by atoms with van der Waals surface area (Å²) in [5.41, 5.74) is -1.24. The van der Waals surface area contributed by atoms with Crippen molar-refractivity contribution in [3.8, 4) is 0 Å². The normalized spacial score (nSPS) is 28.4. The first-order valence-electron chi connectivity index (χ1n) is 10.5. The van der Waals surface area contributed by atoms with E-state index in [1.807, 2.05) is 0 Å². The van der Waals surface area contributed by atoms with Gasteiger partial charge in [0.1, 0.15) is 0 Å². The molecule has 4 nitrogen and oxygen atoms in total. The van der Waals surface area contributed by atoms with Crippen LogP contribution < -0.4 is 0 Å². The molecule has 0 N–H and O–H groups in total. The maximum Gasteiger partial charge on any atom is 0.460 e. The fourth-order valence-electron chi connectivity index (χ4n) is 3.65. The van der Waals surface area contributed by atoms with Crippen LogP contribution in [0.25, 0.3) is 0 Å². The number of rotatable bonds is 7. The zero-order valence-electron chi connectivity index (χ0n) is 18.8. The van der Waals surface area contributed by atoms with Gasteiger partial charge in [-0.1, -0.05) is 39.5 Å². The van der Waals surface area contributed by atoms with Gasteiger partial charge in [-0.15, -0.1) is 0 Å². The average Bonchev–Trinajstić information content (AvgIpc) is 2.82. The molecule has 0 unspecified atom stereocenters. The van der Waals surface area contributed by atoms with E-state index in [9.17, 15) is 0 Å². The molecular weight excluding hydrogens is 326 g/mol. The van der Waals surface area contributed by atoms with Crippen molar-refractivity contribution in [2.24, 2.45) is 0 Å². The molecule has 0 aromatic carbocycles. The molecule has 0 aromatic rings. The van der Waals surface area contributed by atoms with Gasteiger partial charge in [0.15, 0.2) is 0 Å². The van der Waals surface area contributed by atoms with Crippen molar-refractivity contribution in [3.05, 3.63) is 0 Å². The quantitative estimate of drug-likeness (QED) is 0.440. The molecule has 2 aliphatic heterocycles. The van der Waals surface area contributed by atoms with E-state index in [-0.39, 0.29) is 48.3 Å². The van der Waals surface area contributed by atoms with Gasteiger partial charge in [0.25, 0.3) is 0 Å². The van der Waals surface area contributed by atoms with Crippen LogP contribution in [0.1, 0.15) is 94.9 Å². The molecule has 2 atom stereocenters. The highest BCUT2D eigenvalue weighted by Crippen LogP contribution is 2.49. The van der Waals surface area contributed by atoms with E-state index < -0.39 is 0 Å². The molecule has 0 spiro atoms. The maximum absolute atomic E-state index is 6.41. The number of hydrogen-bond donors (Lipinski definition) is 0. The van der Waals surface area contributed by atoms with Gasteiger partial charge in [0.2, 0.25) is 0 Å². The number of unbranched alkanes of at least 4 members (excludes halogenated alkanes) is 2. The van der Waals surface area contributed by atoms with Crippen molar-refractivity contribution >= 4 is 14.2 Å². The average molecular weight is 366 g/mol. The molecular formula is C20H40B2O4. The first kappa shape index (κ1) is 22.3. The molecule has 0 saturated carbocycles. The van der Waals surface area contributed by atoms with Crippen LogP contribution in [0.3, 0.4) is 0 Å². The summed E-state index contributed by atoms with van der Waals surface area (Å²) in [7, 11) is -0.448. The van der Waals surface area contributed by atoms with Gasteiger partial charge in [0.05, 0.1) is 22.4 Å². The second-order valence-corrected chi connectivity index (χ2v) is 10.3. The largest absolute Gasteiger partial charge is 0.460 e. The Kier molecular flexibility index (Phi) is 6.35. The van der Waals surface area contributed by atoms with E-state index in [0.29, 0.717) is 0 Å². The lowest BCUT2D eigenvalue weighted by atomic mass is 9.52. The van der Waals surface area contributed by atoms with Crippen LogP contribution in [0, 0.1) is 0 Å². The Labute approximate surface area is 162 Å². The van der Waals surface area contributed by atoms with E-state index in [2.05, 4.69) is 69.2 Å². The lowest BCUT2D eigenvalue weighted by Crippen LogP contribution is -2.41. The Balaban J connectivity index is 2.17. The summed E-state index contributed by atoms with van der Waals surface area (Å²) in [4.78, 5) is 0. The fourth-order valence-corrected chi connectivity index (χ4v) is 3.65. The third kappa shape index (κ3) is 4.19. The Morgan fingerprint density at radius 2 is 1.04 bits per heavy atom. The predicted octanol–water partition coefficient (Wildman–Crippen LogP) is 5.51. The monoisotopic (exact) mass is 366 g/mol. The molecule has 150 valence electrons. The van der Waals surface area contributed by atoms with E-state index in [4.69, 9.17) is 18.6 Å². The molecule has 2 aliphatic rings. The van der Waals surface area contributed by atoms with Gasteiger partial charge >= 0.3 is 14.2 Å². The highest BCUT2D eigenvalue weighted by Gasteiger charge is 2.59. The van der Waals surface area contributed by atoms with Crippen molar-refractivity contribution in [2.75, 3.05) is 0 Å². The van der Waals surface area contributed by atoms with Crippen LogP contribution in [0.5, 0.6) is 0 Å². The second kappa shape index (κ2) is 7.42. The van der Waals surface area contributed by atoms with Gasteiger partial charge < -0.3 is 18.6 Å².